The molecule has 63 heavy (non-hydrogen) atoms. The van der Waals surface area contributed by atoms with E-state index in [2.05, 4.69) is 16.0 Å². The van der Waals surface area contributed by atoms with E-state index in [0.717, 1.165) is 11.1 Å². The third-order valence-electron chi connectivity index (χ3n) is 11.1. The number of aryl methyl sites for hydroxylation is 1. The number of epoxide rings is 1. The van der Waals surface area contributed by atoms with Gasteiger partial charge in [0.1, 0.15) is 23.7 Å². The summed E-state index contributed by atoms with van der Waals surface area (Å²) in [4.78, 5) is 98.0. The molecule has 0 spiro atoms. The minimum Gasteiger partial charge on any atom is -0.481 e. The summed E-state index contributed by atoms with van der Waals surface area (Å²) in [5.41, 5.74) is 0.680. The second-order valence-corrected chi connectivity index (χ2v) is 17.6. The number of hydrogen-bond acceptors (Lipinski definition) is 11. The summed E-state index contributed by atoms with van der Waals surface area (Å²) < 4.78 is 16.5. The lowest BCUT2D eigenvalue weighted by Crippen LogP contribution is -2.60. The van der Waals surface area contributed by atoms with Crippen LogP contribution in [0.4, 0.5) is 0 Å². The van der Waals surface area contributed by atoms with Crippen LogP contribution in [0.25, 0.3) is 0 Å². The Balaban J connectivity index is 1.62. The number of Topliss-reactive ketones (excluding diaryl/α,β-unsaturated/α-hetero) is 1. The molecule has 4 amide bonds. The van der Waals surface area contributed by atoms with Crippen molar-refractivity contribution in [3.05, 3.63) is 71.8 Å². The third-order valence-corrected chi connectivity index (χ3v) is 11.1. The van der Waals surface area contributed by atoms with E-state index in [9.17, 15) is 33.6 Å². The van der Waals surface area contributed by atoms with Crippen molar-refractivity contribution in [2.24, 2.45) is 11.8 Å². The molecule has 0 aromatic heterocycles. The number of aliphatic carboxylic acids is 1. The monoisotopic (exact) mass is 877 g/mol. The van der Waals surface area contributed by atoms with Gasteiger partial charge in [0.15, 0.2) is 12.5 Å². The SMILES string of the molecule is CC(C)C[C@H](NC(=O)[C@H](CCc1ccccc1)N(COC(=O)CCCCC(=O)O)C(=O)CN1CCOCC1)C(=O)N[C@@H](Cc1ccccc1)C(=O)N[C@@H](CC(C)C)C(=O)[C@@]1(C)CO1. The van der Waals surface area contributed by atoms with Gasteiger partial charge in [-0.05, 0) is 68.4 Å². The van der Waals surface area contributed by atoms with Gasteiger partial charge in [-0.3, -0.25) is 43.4 Å². The zero-order chi connectivity index (χ0) is 45.9. The normalized spacial score (nSPS) is 18.1. The van der Waals surface area contributed by atoms with E-state index in [1.54, 1.807) is 6.92 Å². The fraction of sp³-hybridized carbons (Fsp3) is 0.596. The number of esters is 1. The third kappa shape index (κ3) is 17.5. The minimum absolute atomic E-state index is 0.0666. The minimum atomic E-state index is -1.20. The predicted octanol–water partition coefficient (Wildman–Crippen LogP) is 3.44. The van der Waals surface area contributed by atoms with Crippen LogP contribution >= 0.6 is 0 Å². The molecule has 2 aromatic carbocycles. The van der Waals surface area contributed by atoms with Gasteiger partial charge in [-0.1, -0.05) is 88.4 Å². The molecule has 2 aromatic rings. The number of amides is 4. The molecule has 5 atom stereocenters. The number of nitrogens with one attached hydrogen (secondary N) is 3. The van der Waals surface area contributed by atoms with Crippen molar-refractivity contribution in [1.29, 1.82) is 0 Å². The zero-order valence-electron chi connectivity index (χ0n) is 37.5. The molecule has 0 radical (unpaired) electrons. The number of morpholine rings is 1. The second-order valence-electron chi connectivity index (χ2n) is 17.6. The number of ketones is 1. The Morgan fingerprint density at radius 1 is 0.762 bits per heavy atom. The fourth-order valence-electron chi connectivity index (χ4n) is 7.41. The summed E-state index contributed by atoms with van der Waals surface area (Å²) in [6.07, 6.45) is 1.48. The maximum Gasteiger partial charge on any atom is 0.307 e. The van der Waals surface area contributed by atoms with Gasteiger partial charge in [0.25, 0.3) is 0 Å². The standard InChI is InChI=1S/C47H67N5O11/c1-32(2)26-36(43(57)47(5)30-63-47)48-45(59)38(28-35-16-10-7-11-17-35)49-44(58)37(27-33(3)4)50-46(60)39(21-20-34-14-8-6-9-15-34)52(40(53)29-51-22-24-61-25-23-51)31-62-42(56)19-13-12-18-41(54)55/h6-11,14-17,32-33,36-39H,12-13,18-31H2,1-5H3,(H,48,59)(H,49,58)(H,50,60)(H,54,55)/t36-,37-,38-,39-,47+/m0/s1. The van der Waals surface area contributed by atoms with E-state index >= 15 is 0 Å². The van der Waals surface area contributed by atoms with Crippen molar-refractivity contribution in [3.8, 4) is 0 Å². The Kier molecular flexibility index (Phi) is 20.2. The van der Waals surface area contributed by atoms with Crippen molar-refractivity contribution in [3.63, 3.8) is 0 Å². The number of carboxylic acids is 1. The van der Waals surface area contributed by atoms with E-state index in [4.69, 9.17) is 19.3 Å². The van der Waals surface area contributed by atoms with E-state index < -0.39 is 72.1 Å². The molecule has 4 rings (SSSR count). The average molecular weight is 878 g/mol. The number of carbonyl (C=O) groups excluding carboxylic acids is 6. The highest BCUT2D eigenvalue weighted by molar-refractivity contribution is 5.99. The Morgan fingerprint density at radius 2 is 1.30 bits per heavy atom. The molecule has 16 heteroatoms. The fourth-order valence-corrected chi connectivity index (χ4v) is 7.41. The quantitative estimate of drug-likeness (QED) is 0.0440. The number of ether oxygens (including phenoxy) is 3. The van der Waals surface area contributed by atoms with Crippen molar-refractivity contribution in [2.45, 2.75) is 122 Å². The number of nitrogens with zero attached hydrogens (tertiary/aromatic N) is 2. The topological polar surface area (TPSA) is 213 Å². The van der Waals surface area contributed by atoms with Gasteiger partial charge in [-0.15, -0.1) is 0 Å². The molecule has 2 saturated heterocycles. The molecule has 4 N–H and O–H groups in total. The lowest BCUT2D eigenvalue weighted by molar-refractivity contribution is -0.159. The largest absolute Gasteiger partial charge is 0.481 e. The molecule has 2 heterocycles. The van der Waals surface area contributed by atoms with Crippen molar-refractivity contribution < 1.29 is 52.9 Å². The molecule has 0 unspecified atom stereocenters. The van der Waals surface area contributed by atoms with Crippen molar-refractivity contribution >= 4 is 41.4 Å². The Morgan fingerprint density at radius 3 is 1.89 bits per heavy atom. The Bertz CT molecular complexity index is 1820. The van der Waals surface area contributed by atoms with Crippen LogP contribution in [0.1, 0.15) is 90.7 Å². The second kappa shape index (κ2) is 25.2. The number of hydrogen-bond donors (Lipinski definition) is 4. The number of benzene rings is 2. The Labute approximate surface area is 371 Å². The van der Waals surface area contributed by atoms with Crippen LogP contribution in [-0.2, 0) is 60.6 Å². The number of carbonyl (C=O) groups is 7. The van der Waals surface area contributed by atoms with Gasteiger partial charge in [-0.2, -0.15) is 0 Å². The predicted molar refractivity (Wildman–Crippen MR) is 234 cm³/mol. The maximum absolute atomic E-state index is 14.7. The lowest BCUT2D eigenvalue weighted by Gasteiger charge is -2.34. The van der Waals surface area contributed by atoms with Crippen LogP contribution < -0.4 is 16.0 Å². The number of rotatable bonds is 27. The molecule has 2 aliphatic rings. The van der Waals surface area contributed by atoms with E-state index in [-0.39, 0.29) is 75.7 Å². The van der Waals surface area contributed by atoms with E-state index in [0.29, 0.717) is 39.1 Å². The maximum atomic E-state index is 14.7. The molecule has 0 bridgehead atoms. The van der Waals surface area contributed by atoms with Gasteiger partial charge in [-0.25, -0.2) is 0 Å². The van der Waals surface area contributed by atoms with Gasteiger partial charge >= 0.3 is 11.9 Å². The first kappa shape index (κ1) is 50.5. The van der Waals surface area contributed by atoms with Gasteiger partial charge < -0.3 is 35.3 Å². The zero-order valence-corrected chi connectivity index (χ0v) is 37.5. The van der Waals surface area contributed by atoms with Gasteiger partial charge in [0, 0.05) is 32.4 Å². The molecule has 2 aliphatic heterocycles. The highest BCUT2D eigenvalue weighted by Gasteiger charge is 2.50. The van der Waals surface area contributed by atoms with Crippen molar-refractivity contribution in [1.82, 2.24) is 25.8 Å². The molecule has 0 aliphatic carbocycles. The summed E-state index contributed by atoms with van der Waals surface area (Å²) in [6.45, 7) is 10.8. The smallest absolute Gasteiger partial charge is 0.307 e. The first-order valence-corrected chi connectivity index (χ1v) is 22.2. The van der Waals surface area contributed by atoms with Crippen LogP contribution in [0.2, 0.25) is 0 Å². The molecule has 2 fully saturated rings. The van der Waals surface area contributed by atoms with E-state index in [1.165, 1.54) is 4.90 Å². The molecule has 346 valence electrons. The first-order valence-electron chi connectivity index (χ1n) is 22.2. The summed E-state index contributed by atoms with van der Waals surface area (Å²) >= 11 is 0. The summed E-state index contributed by atoms with van der Waals surface area (Å²) in [5, 5.41) is 17.7. The van der Waals surface area contributed by atoms with Crippen LogP contribution in [0.5, 0.6) is 0 Å². The van der Waals surface area contributed by atoms with Crippen LogP contribution in [0.15, 0.2) is 60.7 Å². The molecular weight excluding hydrogens is 811 g/mol. The van der Waals surface area contributed by atoms with Crippen LogP contribution in [0.3, 0.4) is 0 Å². The lowest BCUT2D eigenvalue weighted by atomic mass is 9.93. The van der Waals surface area contributed by atoms with Crippen LogP contribution in [0, 0.1) is 11.8 Å². The van der Waals surface area contributed by atoms with Gasteiger partial charge in [0.2, 0.25) is 23.6 Å². The summed E-state index contributed by atoms with van der Waals surface area (Å²) in [5.74, 6) is -4.20. The average Bonchev–Trinajstić information content (AvgIpc) is 4.01. The Hall–Kier alpha value is -5.19. The van der Waals surface area contributed by atoms with Gasteiger partial charge in [0.05, 0.1) is 32.4 Å². The number of unbranched alkanes of at least 4 members (excludes halogenated alkanes) is 1. The van der Waals surface area contributed by atoms with Crippen molar-refractivity contribution in [2.75, 3.05) is 46.2 Å². The van der Waals surface area contributed by atoms with E-state index in [1.807, 2.05) is 93.3 Å². The highest BCUT2D eigenvalue weighted by Crippen LogP contribution is 2.30. The molecule has 0 saturated carbocycles. The summed E-state index contributed by atoms with van der Waals surface area (Å²) in [7, 11) is 0. The number of carboxylic acid groups (broad SMARTS) is 1. The van der Waals surface area contributed by atoms with Crippen LogP contribution in [-0.4, -0.2) is 132 Å². The first-order chi connectivity index (χ1) is 30.0. The molecular formula is C47H67N5O11. The molecule has 16 nitrogen and oxygen atoms in total. The highest BCUT2D eigenvalue weighted by atomic mass is 16.6. The summed E-state index contributed by atoms with van der Waals surface area (Å²) in [6, 6.07) is 14.2.